The van der Waals surface area contributed by atoms with E-state index in [1.54, 1.807) is 12.1 Å². The van der Waals surface area contributed by atoms with Gasteiger partial charge < -0.3 is 38.6 Å². The van der Waals surface area contributed by atoms with Crippen LogP contribution in [0.1, 0.15) is 43.6 Å². The average molecular weight is 575 g/mol. The van der Waals surface area contributed by atoms with Crippen LogP contribution in [0.4, 0.5) is 0 Å². The number of phenols is 2. The molecule has 41 heavy (non-hydrogen) atoms. The third-order valence-corrected chi connectivity index (χ3v) is 5.77. The van der Waals surface area contributed by atoms with E-state index in [1.807, 2.05) is 0 Å². The van der Waals surface area contributed by atoms with E-state index in [2.05, 4.69) is 0 Å². The molecule has 2 aromatic carbocycles. The van der Waals surface area contributed by atoms with E-state index in [9.17, 15) is 34.2 Å². The Morgan fingerprint density at radius 3 is 1.90 bits per heavy atom. The molecule has 1 aliphatic heterocycles. The molecule has 1 heterocycles. The minimum absolute atomic E-state index is 0.00744. The Hall–Kier alpha value is -4.65. The highest BCUT2D eigenvalue weighted by Gasteiger charge is 2.53. The number of aromatic hydroxyl groups is 2. The second kappa shape index (κ2) is 13.6. The SMILES string of the molecule is CC(=O)OCC1O[C@@H](Oc2ccc(C(=O)Cc3ccc(O)cc3)c(O)c2)C(OC(C)=O)C(OC(C)=O)[C@@H]1OC(C)=O. The minimum Gasteiger partial charge on any atom is -0.508 e. The summed E-state index contributed by atoms with van der Waals surface area (Å²) in [5, 5.41) is 20.0. The molecule has 2 N–H and O–H groups in total. The van der Waals surface area contributed by atoms with Crippen LogP contribution in [-0.2, 0) is 49.3 Å². The second-order valence-electron chi connectivity index (χ2n) is 9.13. The van der Waals surface area contributed by atoms with Crippen molar-refractivity contribution in [2.45, 2.75) is 64.8 Å². The largest absolute Gasteiger partial charge is 0.508 e. The maximum atomic E-state index is 12.8. The van der Waals surface area contributed by atoms with Crippen molar-refractivity contribution in [3.05, 3.63) is 53.6 Å². The first-order valence-corrected chi connectivity index (χ1v) is 12.4. The van der Waals surface area contributed by atoms with Crippen molar-refractivity contribution in [1.29, 1.82) is 0 Å². The van der Waals surface area contributed by atoms with E-state index < -0.39 is 72.7 Å². The molecule has 5 atom stereocenters. The number of Topliss-reactive ketones (excluding diaryl/α,β-unsaturated/α-hetero) is 1. The predicted molar refractivity (Wildman–Crippen MR) is 137 cm³/mol. The summed E-state index contributed by atoms with van der Waals surface area (Å²) in [6, 6.07) is 9.84. The second-order valence-corrected chi connectivity index (χ2v) is 9.13. The molecule has 0 radical (unpaired) electrons. The molecule has 13 nitrogen and oxygen atoms in total. The Kier molecular flexibility index (Phi) is 10.3. The third-order valence-electron chi connectivity index (χ3n) is 5.77. The van der Waals surface area contributed by atoms with E-state index in [1.165, 1.54) is 24.3 Å². The van der Waals surface area contributed by atoms with Crippen LogP contribution in [-0.4, -0.2) is 77.2 Å². The molecule has 3 rings (SSSR count). The molecular weight excluding hydrogens is 544 g/mol. The first-order chi connectivity index (χ1) is 19.3. The van der Waals surface area contributed by atoms with E-state index in [4.69, 9.17) is 28.4 Å². The topological polar surface area (TPSA) is 181 Å². The fraction of sp³-hybridized carbons (Fsp3) is 0.393. The summed E-state index contributed by atoms with van der Waals surface area (Å²) < 4.78 is 32.8. The fourth-order valence-corrected chi connectivity index (χ4v) is 4.13. The molecule has 0 spiro atoms. The zero-order valence-electron chi connectivity index (χ0n) is 22.7. The van der Waals surface area contributed by atoms with E-state index in [-0.39, 0.29) is 23.5 Å². The van der Waals surface area contributed by atoms with Crippen molar-refractivity contribution in [3.63, 3.8) is 0 Å². The van der Waals surface area contributed by atoms with Gasteiger partial charge in [-0.05, 0) is 29.8 Å². The van der Waals surface area contributed by atoms with Crippen LogP contribution in [0.15, 0.2) is 42.5 Å². The first-order valence-electron chi connectivity index (χ1n) is 12.4. The Labute approximate surface area is 234 Å². The monoisotopic (exact) mass is 574 g/mol. The van der Waals surface area contributed by atoms with Gasteiger partial charge in [0.1, 0.15) is 30.0 Å². The number of carbonyl (C=O) groups is 5. The maximum absolute atomic E-state index is 12.8. The van der Waals surface area contributed by atoms with E-state index in [0.717, 1.165) is 33.8 Å². The lowest BCUT2D eigenvalue weighted by atomic mass is 9.98. The molecule has 0 saturated carbocycles. The number of phenolic OH excluding ortho intramolecular Hbond substituents is 2. The number of hydrogen-bond donors (Lipinski definition) is 2. The molecule has 220 valence electrons. The summed E-state index contributed by atoms with van der Waals surface area (Å²) in [6.45, 7) is 4.00. The Bertz CT molecular complexity index is 1290. The lowest BCUT2D eigenvalue weighted by Crippen LogP contribution is -2.63. The van der Waals surface area contributed by atoms with Gasteiger partial charge in [-0.3, -0.25) is 24.0 Å². The summed E-state index contributed by atoms with van der Waals surface area (Å²) >= 11 is 0. The van der Waals surface area contributed by atoms with Crippen molar-refractivity contribution >= 4 is 29.7 Å². The zero-order valence-corrected chi connectivity index (χ0v) is 22.7. The summed E-state index contributed by atoms with van der Waals surface area (Å²) in [7, 11) is 0. The van der Waals surface area contributed by atoms with Gasteiger partial charge in [-0.1, -0.05) is 12.1 Å². The summed E-state index contributed by atoms with van der Waals surface area (Å²) in [6.07, 6.45) is -7.02. The van der Waals surface area contributed by atoms with Crippen LogP contribution < -0.4 is 4.74 Å². The van der Waals surface area contributed by atoms with Crippen molar-refractivity contribution < 1.29 is 62.6 Å². The lowest BCUT2D eigenvalue weighted by Gasteiger charge is -2.43. The van der Waals surface area contributed by atoms with Gasteiger partial charge in [0, 0.05) is 40.2 Å². The smallest absolute Gasteiger partial charge is 0.303 e. The molecule has 1 fully saturated rings. The van der Waals surface area contributed by atoms with Gasteiger partial charge in [0.05, 0.1) is 5.56 Å². The quantitative estimate of drug-likeness (QED) is 0.239. The highest BCUT2D eigenvalue weighted by Crippen LogP contribution is 2.33. The average Bonchev–Trinajstić information content (AvgIpc) is 2.87. The molecule has 0 aromatic heterocycles. The molecule has 0 bridgehead atoms. The number of rotatable bonds is 10. The van der Waals surface area contributed by atoms with Gasteiger partial charge in [0.15, 0.2) is 18.0 Å². The number of ether oxygens (including phenoxy) is 6. The van der Waals surface area contributed by atoms with Crippen LogP contribution >= 0.6 is 0 Å². The molecular formula is C28H30O13. The van der Waals surface area contributed by atoms with Crippen LogP contribution in [0.2, 0.25) is 0 Å². The molecule has 1 aliphatic rings. The molecule has 2 aromatic rings. The van der Waals surface area contributed by atoms with Crippen LogP contribution in [0.25, 0.3) is 0 Å². The first kappa shape index (κ1) is 30.9. The molecule has 1 saturated heterocycles. The normalized spacial score (nSPS) is 21.7. The number of carbonyl (C=O) groups excluding carboxylic acids is 5. The summed E-state index contributed by atoms with van der Waals surface area (Å²) in [5.74, 6) is -3.85. The summed E-state index contributed by atoms with van der Waals surface area (Å²) in [4.78, 5) is 60.0. The number of ketones is 1. The number of esters is 4. The molecule has 0 amide bonds. The van der Waals surface area contributed by atoms with Crippen molar-refractivity contribution in [2.24, 2.45) is 0 Å². The molecule has 0 aliphatic carbocycles. The van der Waals surface area contributed by atoms with Crippen molar-refractivity contribution in [2.75, 3.05) is 6.61 Å². The van der Waals surface area contributed by atoms with Gasteiger partial charge in [0.25, 0.3) is 0 Å². The standard InChI is InChI=1S/C28H30O13/c1-14(29)36-13-24-25(37-15(2)30)26(38-16(3)31)27(39-17(4)32)28(41-24)40-20-9-10-21(23(35)12-20)22(34)11-18-5-7-19(33)8-6-18/h5-10,12,24-28,33,35H,11,13H2,1-4H3/t24?,25-,26?,27?,28-/m1/s1. The van der Waals surface area contributed by atoms with Gasteiger partial charge in [-0.25, -0.2) is 0 Å². The van der Waals surface area contributed by atoms with E-state index >= 15 is 0 Å². The molecule has 13 heteroatoms. The highest BCUT2D eigenvalue weighted by atomic mass is 16.7. The Morgan fingerprint density at radius 2 is 1.34 bits per heavy atom. The third kappa shape index (κ3) is 8.67. The van der Waals surface area contributed by atoms with Crippen molar-refractivity contribution in [1.82, 2.24) is 0 Å². The van der Waals surface area contributed by atoms with Crippen molar-refractivity contribution in [3.8, 4) is 17.2 Å². The Balaban J connectivity index is 1.90. The van der Waals surface area contributed by atoms with E-state index in [0.29, 0.717) is 5.56 Å². The van der Waals surface area contributed by atoms with Crippen LogP contribution in [0.5, 0.6) is 17.2 Å². The number of benzene rings is 2. The number of hydrogen-bond acceptors (Lipinski definition) is 13. The van der Waals surface area contributed by atoms with Crippen LogP contribution in [0.3, 0.4) is 0 Å². The minimum atomic E-state index is -1.51. The van der Waals surface area contributed by atoms with Gasteiger partial charge in [-0.15, -0.1) is 0 Å². The van der Waals surface area contributed by atoms with Crippen LogP contribution in [0, 0.1) is 0 Å². The predicted octanol–water partition coefficient (Wildman–Crippen LogP) is 1.99. The maximum Gasteiger partial charge on any atom is 0.303 e. The van der Waals surface area contributed by atoms with Gasteiger partial charge >= 0.3 is 23.9 Å². The molecule has 3 unspecified atom stereocenters. The lowest BCUT2D eigenvalue weighted by molar-refractivity contribution is -0.288. The summed E-state index contributed by atoms with van der Waals surface area (Å²) in [5.41, 5.74) is 0.608. The fourth-order valence-electron chi connectivity index (χ4n) is 4.13. The highest BCUT2D eigenvalue weighted by molar-refractivity contribution is 6.00. The zero-order chi connectivity index (χ0) is 30.3. The van der Waals surface area contributed by atoms with Gasteiger partial charge in [-0.2, -0.15) is 0 Å². The van der Waals surface area contributed by atoms with Gasteiger partial charge in [0.2, 0.25) is 12.4 Å². The Morgan fingerprint density at radius 1 is 0.756 bits per heavy atom.